The number of nitrogens with zero attached hydrogens (tertiary/aromatic N) is 2. The van der Waals surface area contributed by atoms with Crippen LogP contribution < -0.4 is 10.6 Å². The first-order chi connectivity index (χ1) is 8.58. The first-order valence-electron chi connectivity index (χ1n) is 5.66. The third kappa shape index (κ3) is 3.73. The lowest BCUT2D eigenvalue weighted by molar-refractivity contribution is -0.140. The van der Waals surface area contributed by atoms with Gasteiger partial charge in [0.15, 0.2) is 0 Å². The smallest absolute Gasteiger partial charge is 0.307 e. The highest BCUT2D eigenvalue weighted by atomic mass is 16.5. The van der Waals surface area contributed by atoms with Crippen molar-refractivity contribution in [3.8, 4) is 0 Å². The molecule has 0 spiro atoms. The van der Waals surface area contributed by atoms with E-state index in [0.29, 0.717) is 19.5 Å². The van der Waals surface area contributed by atoms with Crippen LogP contribution in [0.25, 0.3) is 0 Å². The number of rotatable bonds is 6. The van der Waals surface area contributed by atoms with E-state index in [1.807, 2.05) is 11.8 Å². The Kier molecular flexibility index (Phi) is 5.10. The highest BCUT2D eigenvalue weighted by molar-refractivity contribution is 5.91. The number of esters is 1. The Morgan fingerprint density at radius 3 is 2.78 bits per heavy atom. The van der Waals surface area contributed by atoms with Gasteiger partial charge >= 0.3 is 5.97 Å². The first-order valence-corrected chi connectivity index (χ1v) is 5.66. The first kappa shape index (κ1) is 14.0. The maximum absolute atomic E-state index is 11.1. The Bertz CT molecular complexity index is 434. The van der Waals surface area contributed by atoms with E-state index in [4.69, 9.17) is 5.73 Å². The number of methoxy groups -OCH3 is 1. The van der Waals surface area contributed by atoms with Gasteiger partial charge in [0.05, 0.1) is 13.5 Å². The Labute approximate surface area is 106 Å². The fourth-order valence-corrected chi connectivity index (χ4v) is 1.55. The van der Waals surface area contributed by atoms with Crippen LogP contribution in [0.15, 0.2) is 18.3 Å². The molecule has 6 nitrogen and oxygen atoms in total. The fourth-order valence-electron chi connectivity index (χ4n) is 1.55. The maximum Gasteiger partial charge on any atom is 0.307 e. The van der Waals surface area contributed by atoms with E-state index >= 15 is 0 Å². The van der Waals surface area contributed by atoms with E-state index in [-0.39, 0.29) is 11.7 Å². The van der Waals surface area contributed by atoms with E-state index in [2.05, 4.69) is 9.72 Å². The summed E-state index contributed by atoms with van der Waals surface area (Å²) in [5, 5.41) is 0. The molecule has 0 saturated carbocycles. The lowest BCUT2D eigenvalue weighted by Gasteiger charge is -2.22. The number of hydrogen-bond donors (Lipinski definition) is 1. The average molecular weight is 251 g/mol. The number of hydrogen-bond acceptors (Lipinski definition) is 5. The largest absolute Gasteiger partial charge is 0.469 e. The Hall–Kier alpha value is -2.11. The summed E-state index contributed by atoms with van der Waals surface area (Å²) in [5.74, 6) is -0.835. The van der Waals surface area contributed by atoms with E-state index in [1.165, 1.54) is 13.3 Å². The van der Waals surface area contributed by atoms with Crippen LogP contribution in [0, 0.1) is 0 Å². The topological polar surface area (TPSA) is 85.5 Å². The molecule has 0 aliphatic rings. The third-order valence-corrected chi connectivity index (χ3v) is 2.56. The van der Waals surface area contributed by atoms with Crippen molar-refractivity contribution in [3.05, 3.63) is 24.0 Å². The van der Waals surface area contributed by atoms with Crippen LogP contribution in [-0.4, -0.2) is 37.1 Å². The molecule has 0 saturated heterocycles. The predicted octanol–water partition coefficient (Wildman–Crippen LogP) is 0.570. The van der Waals surface area contributed by atoms with Crippen LogP contribution in [0.5, 0.6) is 0 Å². The lowest BCUT2D eigenvalue weighted by atomic mass is 10.2. The minimum absolute atomic E-state index is 0.212. The molecule has 6 heteroatoms. The van der Waals surface area contributed by atoms with E-state index in [0.717, 1.165) is 5.69 Å². The molecule has 2 N–H and O–H groups in total. The molecule has 0 radical (unpaired) electrons. The van der Waals surface area contributed by atoms with Gasteiger partial charge in [0.2, 0.25) is 0 Å². The monoisotopic (exact) mass is 251 g/mol. The van der Waals surface area contributed by atoms with Crippen LogP contribution in [0.2, 0.25) is 0 Å². The third-order valence-electron chi connectivity index (χ3n) is 2.56. The molecule has 0 aromatic carbocycles. The molecular weight excluding hydrogens is 234 g/mol. The van der Waals surface area contributed by atoms with Gasteiger partial charge in [0.1, 0.15) is 5.69 Å². The molecule has 0 fully saturated rings. The molecule has 18 heavy (non-hydrogen) atoms. The van der Waals surface area contributed by atoms with Crippen LogP contribution in [-0.2, 0) is 9.53 Å². The highest BCUT2D eigenvalue weighted by Gasteiger charge is 2.10. The molecule has 1 amide bonds. The zero-order chi connectivity index (χ0) is 13.5. The van der Waals surface area contributed by atoms with Crippen LogP contribution in [0.4, 0.5) is 5.69 Å². The number of carbonyl (C=O) groups is 2. The summed E-state index contributed by atoms with van der Waals surface area (Å²) in [6.45, 7) is 3.19. The maximum atomic E-state index is 11.1. The number of carbonyl (C=O) groups excluding carboxylic acids is 2. The standard InChI is InChI=1S/C12H17N3O3/c1-3-15(7-5-11(16)18-2)9-4-6-14-10(8-9)12(13)17/h4,6,8H,3,5,7H2,1-2H3,(H2,13,17). The van der Waals surface area contributed by atoms with Gasteiger partial charge in [-0.2, -0.15) is 0 Å². The number of aromatic nitrogens is 1. The predicted molar refractivity (Wildman–Crippen MR) is 67.3 cm³/mol. The van der Waals surface area contributed by atoms with Crippen molar-refractivity contribution >= 4 is 17.6 Å². The fraction of sp³-hybridized carbons (Fsp3) is 0.417. The van der Waals surface area contributed by atoms with Gasteiger partial charge < -0.3 is 15.4 Å². The van der Waals surface area contributed by atoms with Gasteiger partial charge in [-0.15, -0.1) is 0 Å². The quantitative estimate of drug-likeness (QED) is 0.747. The number of pyridine rings is 1. The summed E-state index contributed by atoms with van der Waals surface area (Å²) >= 11 is 0. The van der Waals surface area contributed by atoms with Gasteiger partial charge in [0.25, 0.3) is 5.91 Å². The molecular formula is C12H17N3O3. The van der Waals surface area contributed by atoms with Crippen molar-refractivity contribution in [1.82, 2.24) is 4.98 Å². The molecule has 98 valence electrons. The summed E-state index contributed by atoms with van der Waals surface area (Å²) in [6, 6.07) is 3.39. The SMILES string of the molecule is CCN(CCC(=O)OC)c1ccnc(C(N)=O)c1. The highest BCUT2D eigenvalue weighted by Crippen LogP contribution is 2.14. The van der Waals surface area contributed by atoms with Gasteiger partial charge in [-0.1, -0.05) is 0 Å². The van der Waals surface area contributed by atoms with Crippen molar-refractivity contribution in [2.45, 2.75) is 13.3 Å². The summed E-state index contributed by atoms with van der Waals surface area (Å²) in [6.07, 6.45) is 1.81. The van der Waals surface area contributed by atoms with E-state index < -0.39 is 5.91 Å². The summed E-state index contributed by atoms with van der Waals surface area (Å²) < 4.78 is 4.59. The number of amides is 1. The number of ether oxygens (including phenoxy) is 1. The zero-order valence-corrected chi connectivity index (χ0v) is 10.5. The number of nitrogens with two attached hydrogens (primary N) is 1. The van der Waals surface area contributed by atoms with Crippen LogP contribution in [0.3, 0.4) is 0 Å². The molecule has 0 bridgehead atoms. The lowest BCUT2D eigenvalue weighted by Crippen LogP contribution is -2.26. The minimum Gasteiger partial charge on any atom is -0.469 e. The molecule has 1 heterocycles. The second kappa shape index (κ2) is 6.58. The summed E-state index contributed by atoms with van der Waals surface area (Å²) in [4.78, 5) is 28.0. The Morgan fingerprint density at radius 1 is 1.50 bits per heavy atom. The molecule has 1 aromatic heterocycles. The molecule has 1 aromatic rings. The van der Waals surface area contributed by atoms with Crippen molar-refractivity contribution in [1.29, 1.82) is 0 Å². The van der Waals surface area contributed by atoms with E-state index in [1.54, 1.807) is 12.1 Å². The minimum atomic E-state index is -0.569. The molecule has 1 rings (SSSR count). The average Bonchev–Trinajstić information content (AvgIpc) is 2.39. The Morgan fingerprint density at radius 2 is 2.22 bits per heavy atom. The van der Waals surface area contributed by atoms with Gasteiger partial charge in [-0.3, -0.25) is 14.6 Å². The van der Waals surface area contributed by atoms with Crippen LogP contribution >= 0.6 is 0 Å². The molecule has 0 aliphatic carbocycles. The second-order valence-corrected chi connectivity index (χ2v) is 3.67. The van der Waals surface area contributed by atoms with Gasteiger partial charge in [-0.25, -0.2) is 0 Å². The number of primary amides is 1. The van der Waals surface area contributed by atoms with Crippen molar-refractivity contribution < 1.29 is 14.3 Å². The van der Waals surface area contributed by atoms with Gasteiger partial charge in [0, 0.05) is 25.0 Å². The molecule has 0 unspecified atom stereocenters. The zero-order valence-electron chi connectivity index (χ0n) is 10.5. The van der Waals surface area contributed by atoms with Gasteiger partial charge in [-0.05, 0) is 19.1 Å². The summed E-state index contributed by atoms with van der Waals surface area (Å²) in [5.41, 5.74) is 6.20. The molecule has 0 atom stereocenters. The van der Waals surface area contributed by atoms with Crippen molar-refractivity contribution in [3.63, 3.8) is 0 Å². The van der Waals surface area contributed by atoms with Crippen LogP contribution in [0.1, 0.15) is 23.8 Å². The van der Waals surface area contributed by atoms with E-state index in [9.17, 15) is 9.59 Å². The Balaban J connectivity index is 2.78. The summed E-state index contributed by atoms with van der Waals surface area (Å²) in [7, 11) is 1.36. The number of anilines is 1. The second-order valence-electron chi connectivity index (χ2n) is 3.67. The van der Waals surface area contributed by atoms with Crippen molar-refractivity contribution in [2.75, 3.05) is 25.1 Å². The molecule has 0 aliphatic heterocycles. The van der Waals surface area contributed by atoms with Crippen molar-refractivity contribution in [2.24, 2.45) is 5.73 Å². The normalized spacial score (nSPS) is 9.89.